The van der Waals surface area contributed by atoms with Crippen molar-refractivity contribution in [3.63, 3.8) is 0 Å². The molecular weight excluding hydrogens is 344 g/mol. The summed E-state index contributed by atoms with van der Waals surface area (Å²) in [6, 6.07) is 6.23. The van der Waals surface area contributed by atoms with Crippen molar-refractivity contribution < 1.29 is 9.53 Å². The highest BCUT2D eigenvalue weighted by atomic mass is 16.6. The highest BCUT2D eigenvalue weighted by Gasteiger charge is 2.31. The summed E-state index contributed by atoms with van der Waals surface area (Å²) in [5.74, 6) is 2.09. The van der Waals surface area contributed by atoms with E-state index in [9.17, 15) is 4.79 Å². The summed E-state index contributed by atoms with van der Waals surface area (Å²) in [6.45, 7) is 1.72. The minimum atomic E-state index is -0.282. The van der Waals surface area contributed by atoms with Crippen LogP contribution in [0.5, 0.6) is 0 Å². The lowest BCUT2D eigenvalue weighted by molar-refractivity contribution is 0.0959. The number of ether oxygens (including phenoxy) is 1. The minimum absolute atomic E-state index is 0.0234. The summed E-state index contributed by atoms with van der Waals surface area (Å²) in [4.78, 5) is 19.1. The zero-order valence-corrected chi connectivity index (χ0v) is 15.1. The SMILES string of the molecule is O=C1NC2CCN(CC2)c2cc(ccn2)Nc2cc([nH]n2)C2CCC(C2)O1. The number of fused-ring (bicyclic) bond motifs is 4. The molecule has 2 aromatic rings. The number of aromatic nitrogens is 3. The van der Waals surface area contributed by atoms with Gasteiger partial charge in [-0.15, -0.1) is 0 Å². The largest absolute Gasteiger partial charge is 0.446 e. The standard InChI is InChI=1S/C19H24N6O2/c26-19-22-13-4-7-25(8-5-13)18-10-14(3-6-20-18)21-17-11-16(23-24-17)12-1-2-15(9-12)27-19/h3,6,10-13,15H,1-2,4-5,7-9H2,(H,22,26)(H2,21,23,24). The number of amides is 1. The maximum absolute atomic E-state index is 12.3. The molecule has 1 aliphatic carbocycles. The number of nitrogens with zero attached hydrogens (tertiary/aromatic N) is 3. The van der Waals surface area contributed by atoms with Gasteiger partial charge in [-0.05, 0) is 38.2 Å². The Hall–Kier alpha value is -2.77. The Morgan fingerprint density at radius 3 is 2.93 bits per heavy atom. The van der Waals surface area contributed by atoms with Crippen molar-refractivity contribution in [2.24, 2.45) is 0 Å². The number of carbonyl (C=O) groups is 1. The van der Waals surface area contributed by atoms with Gasteiger partial charge >= 0.3 is 6.09 Å². The number of nitrogens with one attached hydrogen (secondary N) is 3. The van der Waals surface area contributed by atoms with Gasteiger partial charge in [-0.1, -0.05) is 0 Å². The number of pyridine rings is 1. The van der Waals surface area contributed by atoms with Crippen LogP contribution in [0.4, 0.5) is 22.1 Å². The summed E-state index contributed by atoms with van der Waals surface area (Å²) in [5, 5.41) is 14.0. The molecule has 2 aromatic heterocycles. The summed E-state index contributed by atoms with van der Waals surface area (Å²) >= 11 is 0. The van der Waals surface area contributed by atoms with Crippen molar-refractivity contribution in [3.05, 3.63) is 30.1 Å². The van der Waals surface area contributed by atoms with Gasteiger partial charge in [0.1, 0.15) is 11.9 Å². The number of hydrogen-bond acceptors (Lipinski definition) is 6. The Bertz CT molecular complexity index is 829. The molecule has 0 aromatic carbocycles. The van der Waals surface area contributed by atoms with Crippen LogP contribution in [0.1, 0.15) is 43.7 Å². The smallest absolute Gasteiger partial charge is 0.407 e. The summed E-state index contributed by atoms with van der Waals surface area (Å²) < 4.78 is 5.68. The third-order valence-corrected chi connectivity index (χ3v) is 5.85. The average Bonchev–Trinajstić information content (AvgIpc) is 3.31. The molecule has 1 saturated carbocycles. The lowest BCUT2D eigenvalue weighted by Crippen LogP contribution is -2.45. The molecule has 8 bridgehead atoms. The predicted molar refractivity (Wildman–Crippen MR) is 101 cm³/mol. The zero-order valence-electron chi connectivity index (χ0n) is 15.1. The number of H-pyrrole nitrogens is 1. The van der Waals surface area contributed by atoms with E-state index in [0.29, 0.717) is 5.92 Å². The van der Waals surface area contributed by atoms with E-state index in [1.54, 1.807) is 0 Å². The molecule has 4 aliphatic rings. The molecule has 6 rings (SSSR count). The molecule has 8 nitrogen and oxygen atoms in total. The van der Waals surface area contributed by atoms with Gasteiger partial charge in [-0.3, -0.25) is 5.10 Å². The Balaban J connectivity index is 1.44. The van der Waals surface area contributed by atoms with Gasteiger partial charge in [0.2, 0.25) is 0 Å². The molecular formula is C19H24N6O2. The number of hydrogen-bond donors (Lipinski definition) is 3. The first-order chi connectivity index (χ1) is 13.2. The van der Waals surface area contributed by atoms with Gasteiger partial charge in [0.15, 0.2) is 5.82 Å². The molecule has 2 atom stereocenters. The first kappa shape index (κ1) is 16.4. The second kappa shape index (κ2) is 6.75. The number of anilines is 3. The lowest BCUT2D eigenvalue weighted by atomic mass is 10.0. The third-order valence-electron chi connectivity index (χ3n) is 5.85. The van der Waals surface area contributed by atoms with Crippen molar-refractivity contribution in [1.82, 2.24) is 20.5 Å². The minimum Gasteiger partial charge on any atom is -0.446 e. The number of alkyl carbamates (subject to hydrolysis) is 1. The van der Waals surface area contributed by atoms with E-state index in [1.165, 1.54) is 0 Å². The fraction of sp³-hybridized carbons (Fsp3) is 0.526. The van der Waals surface area contributed by atoms with Crippen molar-refractivity contribution in [2.45, 2.75) is 50.2 Å². The average molecular weight is 368 g/mol. The van der Waals surface area contributed by atoms with E-state index in [-0.39, 0.29) is 18.2 Å². The molecule has 3 N–H and O–H groups in total. The van der Waals surface area contributed by atoms with Crippen molar-refractivity contribution in [1.29, 1.82) is 0 Å². The molecule has 27 heavy (non-hydrogen) atoms. The lowest BCUT2D eigenvalue weighted by Gasteiger charge is -2.33. The quantitative estimate of drug-likeness (QED) is 0.662. The molecule has 5 heterocycles. The van der Waals surface area contributed by atoms with Crippen LogP contribution >= 0.6 is 0 Å². The molecule has 1 saturated heterocycles. The Kier molecular flexibility index (Phi) is 4.10. The van der Waals surface area contributed by atoms with Gasteiger partial charge in [0, 0.05) is 54.8 Å². The molecule has 142 valence electrons. The fourth-order valence-electron chi connectivity index (χ4n) is 4.36. The first-order valence-corrected chi connectivity index (χ1v) is 9.73. The van der Waals surface area contributed by atoms with Crippen molar-refractivity contribution in [3.8, 4) is 0 Å². The maximum Gasteiger partial charge on any atom is 0.407 e. The van der Waals surface area contributed by atoms with Crippen LogP contribution in [0.15, 0.2) is 24.4 Å². The Morgan fingerprint density at radius 2 is 2.04 bits per heavy atom. The summed E-state index contributed by atoms with van der Waals surface area (Å²) in [6.07, 6.45) is 6.03. The second-order valence-electron chi connectivity index (χ2n) is 7.68. The molecule has 0 radical (unpaired) electrons. The van der Waals surface area contributed by atoms with Gasteiger partial charge < -0.3 is 20.3 Å². The van der Waals surface area contributed by atoms with Gasteiger partial charge in [-0.25, -0.2) is 9.78 Å². The van der Waals surface area contributed by atoms with E-state index in [2.05, 4.69) is 42.8 Å². The molecule has 3 aliphatic heterocycles. The van der Waals surface area contributed by atoms with Crippen LogP contribution in [0.25, 0.3) is 0 Å². The van der Waals surface area contributed by atoms with Gasteiger partial charge in [0.25, 0.3) is 0 Å². The van der Waals surface area contributed by atoms with Crippen molar-refractivity contribution in [2.75, 3.05) is 23.3 Å². The van der Waals surface area contributed by atoms with Crippen LogP contribution in [-0.4, -0.2) is 46.5 Å². The topological polar surface area (TPSA) is 95.2 Å². The number of carbonyl (C=O) groups excluding carboxylic acids is 1. The highest BCUT2D eigenvalue weighted by molar-refractivity contribution is 5.68. The van der Waals surface area contributed by atoms with Gasteiger partial charge in [0.05, 0.1) is 0 Å². The molecule has 0 spiro atoms. The maximum atomic E-state index is 12.3. The number of aromatic amines is 1. The molecule has 2 unspecified atom stereocenters. The number of rotatable bonds is 0. The Morgan fingerprint density at radius 1 is 1.15 bits per heavy atom. The normalized spacial score (nSPS) is 27.5. The van der Waals surface area contributed by atoms with Gasteiger partial charge in [-0.2, -0.15) is 5.10 Å². The molecule has 1 amide bonds. The first-order valence-electron chi connectivity index (χ1n) is 9.73. The fourth-order valence-corrected chi connectivity index (χ4v) is 4.36. The van der Waals surface area contributed by atoms with E-state index >= 15 is 0 Å². The summed E-state index contributed by atoms with van der Waals surface area (Å²) in [7, 11) is 0. The van der Waals surface area contributed by atoms with E-state index in [0.717, 1.165) is 68.2 Å². The van der Waals surface area contributed by atoms with Crippen molar-refractivity contribution >= 4 is 23.4 Å². The summed E-state index contributed by atoms with van der Waals surface area (Å²) in [5.41, 5.74) is 2.07. The Labute approximate surface area is 157 Å². The van der Waals surface area contributed by atoms with E-state index in [4.69, 9.17) is 4.74 Å². The van der Waals surface area contributed by atoms with Crippen LogP contribution < -0.4 is 15.5 Å². The predicted octanol–water partition coefficient (Wildman–Crippen LogP) is 2.89. The third kappa shape index (κ3) is 3.43. The van der Waals surface area contributed by atoms with Crippen LogP contribution in [0.3, 0.4) is 0 Å². The van der Waals surface area contributed by atoms with Crippen LogP contribution in [-0.2, 0) is 4.74 Å². The van der Waals surface area contributed by atoms with Crippen LogP contribution in [0.2, 0.25) is 0 Å². The zero-order chi connectivity index (χ0) is 18.2. The van der Waals surface area contributed by atoms with E-state index in [1.807, 2.05) is 12.3 Å². The molecule has 2 fully saturated rings. The monoisotopic (exact) mass is 368 g/mol. The molecule has 8 heteroatoms. The number of piperidine rings is 1. The highest BCUT2D eigenvalue weighted by Crippen LogP contribution is 2.36. The van der Waals surface area contributed by atoms with Crippen LogP contribution in [0, 0.1) is 0 Å². The van der Waals surface area contributed by atoms with E-state index < -0.39 is 0 Å². The second-order valence-corrected chi connectivity index (χ2v) is 7.68.